The smallest absolute Gasteiger partial charge is 0.280 e. The fourth-order valence-electron chi connectivity index (χ4n) is 3.29. The Morgan fingerprint density at radius 3 is 2.75 bits per heavy atom. The average molecular weight is 451 g/mol. The van der Waals surface area contributed by atoms with Crippen molar-refractivity contribution < 1.29 is 4.79 Å². The van der Waals surface area contributed by atoms with Gasteiger partial charge < -0.3 is 16.0 Å². The number of thiazole rings is 1. The number of carbonyl (C=O) groups excluding carboxylic acids is 1. The van der Waals surface area contributed by atoms with E-state index in [0.717, 1.165) is 23.4 Å². The van der Waals surface area contributed by atoms with Crippen LogP contribution in [0.5, 0.6) is 0 Å². The van der Waals surface area contributed by atoms with E-state index in [0.29, 0.717) is 33.7 Å². The van der Waals surface area contributed by atoms with Crippen LogP contribution < -0.4 is 21.5 Å². The maximum Gasteiger partial charge on any atom is 0.280 e. The maximum atomic E-state index is 13.1. The molecular formula is C21H22N8O2S. The van der Waals surface area contributed by atoms with Crippen LogP contribution in [0.15, 0.2) is 35.4 Å². The van der Waals surface area contributed by atoms with Gasteiger partial charge in [0.15, 0.2) is 10.8 Å². The van der Waals surface area contributed by atoms with E-state index in [1.165, 1.54) is 22.1 Å². The Morgan fingerprint density at radius 2 is 2.06 bits per heavy atom. The van der Waals surface area contributed by atoms with Gasteiger partial charge in [-0.15, -0.1) is 11.3 Å². The number of amides is 1. The van der Waals surface area contributed by atoms with Crippen LogP contribution in [0.1, 0.15) is 33.8 Å². The van der Waals surface area contributed by atoms with Crippen LogP contribution in [0.3, 0.4) is 0 Å². The summed E-state index contributed by atoms with van der Waals surface area (Å²) >= 11 is 1.46. The summed E-state index contributed by atoms with van der Waals surface area (Å²) < 4.78 is 3.08. The van der Waals surface area contributed by atoms with Crippen molar-refractivity contribution in [2.75, 3.05) is 17.7 Å². The van der Waals surface area contributed by atoms with E-state index in [2.05, 4.69) is 31.0 Å². The maximum absolute atomic E-state index is 13.1. The Hall–Kier alpha value is -3.73. The number of nitrogens with zero attached hydrogens (tertiary/aromatic N) is 5. The number of rotatable bonds is 6. The fourth-order valence-corrected chi connectivity index (χ4v) is 4.18. The SMILES string of the molecule is CNc1cc(Nc2cccn(-c3nc(C)c(C)s3)c2=O)nc2c(C(=O)NC3CC3)cnn12. The third-order valence-electron chi connectivity index (χ3n) is 5.32. The molecule has 10 nitrogen and oxygen atoms in total. The first-order valence-electron chi connectivity index (χ1n) is 10.2. The normalized spacial score (nSPS) is 13.3. The number of pyridine rings is 1. The second kappa shape index (κ2) is 7.75. The fraction of sp³-hybridized carbons (Fsp3) is 0.286. The molecule has 32 heavy (non-hydrogen) atoms. The molecule has 0 atom stereocenters. The molecule has 0 radical (unpaired) electrons. The number of carbonyl (C=O) groups is 1. The molecule has 1 fully saturated rings. The number of aryl methyl sites for hydroxylation is 2. The minimum atomic E-state index is -0.242. The van der Waals surface area contributed by atoms with Gasteiger partial charge in [0.25, 0.3) is 11.5 Å². The Bertz CT molecular complexity index is 1380. The summed E-state index contributed by atoms with van der Waals surface area (Å²) in [6.45, 7) is 3.90. The van der Waals surface area contributed by atoms with Crippen molar-refractivity contribution >= 4 is 40.2 Å². The molecule has 0 bridgehead atoms. The van der Waals surface area contributed by atoms with Gasteiger partial charge in [0.1, 0.15) is 22.9 Å². The third-order valence-corrected chi connectivity index (χ3v) is 6.39. The molecule has 1 aliphatic carbocycles. The zero-order valence-corrected chi connectivity index (χ0v) is 18.7. The Balaban J connectivity index is 1.53. The Morgan fingerprint density at radius 1 is 1.25 bits per heavy atom. The molecule has 3 N–H and O–H groups in total. The van der Waals surface area contributed by atoms with Gasteiger partial charge >= 0.3 is 0 Å². The number of hydrogen-bond acceptors (Lipinski definition) is 8. The summed E-state index contributed by atoms with van der Waals surface area (Å²) in [5.74, 6) is 0.848. The first-order valence-corrected chi connectivity index (χ1v) is 11.1. The highest BCUT2D eigenvalue weighted by Gasteiger charge is 2.26. The van der Waals surface area contributed by atoms with Crippen LogP contribution in [0.25, 0.3) is 10.8 Å². The standard InChI is InChI=1S/C21H22N8O2S/c1-11-12(2)32-21(24-11)28-8-4-5-15(20(28)31)26-16-9-17(22-3)29-18(27-16)14(10-23-29)19(30)25-13-6-7-13/h4-5,8-10,13,22H,6-7H2,1-3H3,(H,25,30)(H,26,27). The van der Waals surface area contributed by atoms with Gasteiger partial charge in [-0.3, -0.25) is 14.2 Å². The Labute approximate surface area is 187 Å². The van der Waals surface area contributed by atoms with Crippen molar-refractivity contribution in [3.8, 4) is 5.13 Å². The molecule has 11 heteroatoms. The van der Waals surface area contributed by atoms with Crippen molar-refractivity contribution in [2.45, 2.75) is 32.7 Å². The van der Waals surface area contributed by atoms with E-state index in [4.69, 9.17) is 0 Å². The molecule has 0 spiro atoms. The summed E-state index contributed by atoms with van der Waals surface area (Å²) in [6.07, 6.45) is 5.18. The molecule has 1 amide bonds. The zero-order chi connectivity index (χ0) is 22.4. The van der Waals surface area contributed by atoms with Crippen LogP contribution in [-0.2, 0) is 0 Å². The zero-order valence-electron chi connectivity index (χ0n) is 17.8. The summed E-state index contributed by atoms with van der Waals surface area (Å²) in [5.41, 5.74) is 1.80. The average Bonchev–Trinajstić information content (AvgIpc) is 3.38. The summed E-state index contributed by atoms with van der Waals surface area (Å²) in [7, 11) is 1.76. The lowest BCUT2D eigenvalue weighted by Crippen LogP contribution is -2.25. The molecule has 4 aromatic heterocycles. The lowest BCUT2D eigenvalue weighted by atomic mass is 10.3. The topological polar surface area (TPSA) is 118 Å². The molecule has 4 heterocycles. The van der Waals surface area contributed by atoms with E-state index in [-0.39, 0.29) is 17.5 Å². The van der Waals surface area contributed by atoms with Gasteiger partial charge in [-0.1, -0.05) is 0 Å². The van der Waals surface area contributed by atoms with Gasteiger partial charge in [0.05, 0.1) is 11.9 Å². The lowest BCUT2D eigenvalue weighted by molar-refractivity contribution is 0.0952. The highest BCUT2D eigenvalue weighted by Crippen LogP contribution is 2.24. The van der Waals surface area contributed by atoms with Crippen LogP contribution in [0, 0.1) is 13.8 Å². The molecule has 0 unspecified atom stereocenters. The van der Waals surface area contributed by atoms with Crippen molar-refractivity contribution in [1.29, 1.82) is 0 Å². The van der Waals surface area contributed by atoms with Crippen molar-refractivity contribution in [1.82, 2.24) is 29.5 Å². The quantitative estimate of drug-likeness (QED) is 0.413. The second-order valence-corrected chi connectivity index (χ2v) is 8.86. The minimum Gasteiger partial charge on any atom is -0.373 e. The van der Waals surface area contributed by atoms with Crippen LogP contribution in [0.2, 0.25) is 0 Å². The molecule has 1 saturated carbocycles. The largest absolute Gasteiger partial charge is 0.373 e. The first kappa shape index (κ1) is 20.2. The lowest BCUT2D eigenvalue weighted by Gasteiger charge is -2.11. The van der Waals surface area contributed by atoms with Gasteiger partial charge in [-0.05, 0) is 38.8 Å². The van der Waals surface area contributed by atoms with Gasteiger partial charge in [0.2, 0.25) is 0 Å². The number of fused-ring (bicyclic) bond motifs is 1. The van der Waals surface area contributed by atoms with Crippen molar-refractivity contribution in [2.24, 2.45) is 0 Å². The van der Waals surface area contributed by atoms with Crippen molar-refractivity contribution in [3.05, 3.63) is 57.1 Å². The van der Waals surface area contributed by atoms with Gasteiger partial charge in [-0.2, -0.15) is 9.61 Å². The summed E-state index contributed by atoms with van der Waals surface area (Å²) in [6, 6.07) is 5.43. The third kappa shape index (κ3) is 3.60. The molecule has 1 aliphatic rings. The summed E-state index contributed by atoms with van der Waals surface area (Å²) in [5, 5.41) is 14.0. The molecule has 5 rings (SSSR count). The first-order chi connectivity index (χ1) is 15.4. The molecule has 0 saturated heterocycles. The molecule has 0 aliphatic heterocycles. The highest BCUT2D eigenvalue weighted by atomic mass is 32.1. The predicted molar refractivity (Wildman–Crippen MR) is 123 cm³/mol. The van der Waals surface area contributed by atoms with Crippen LogP contribution >= 0.6 is 11.3 Å². The molecule has 0 aromatic carbocycles. The molecule has 4 aromatic rings. The minimum absolute atomic E-state index is 0.203. The van der Waals surface area contributed by atoms with Crippen molar-refractivity contribution in [3.63, 3.8) is 0 Å². The van der Waals surface area contributed by atoms with E-state index < -0.39 is 0 Å². The van der Waals surface area contributed by atoms with E-state index in [1.807, 2.05) is 13.8 Å². The number of anilines is 3. The predicted octanol–water partition coefficient (Wildman–Crippen LogP) is 2.63. The van der Waals surface area contributed by atoms with E-state index >= 15 is 0 Å². The number of nitrogens with one attached hydrogen (secondary N) is 3. The van der Waals surface area contributed by atoms with Crippen LogP contribution in [0.4, 0.5) is 17.3 Å². The highest BCUT2D eigenvalue weighted by molar-refractivity contribution is 7.14. The van der Waals surface area contributed by atoms with Gasteiger partial charge in [0, 0.05) is 30.2 Å². The van der Waals surface area contributed by atoms with E-state index in [9.17, 15) is 9.59 Å². The monoisotopic (exact) mass is 450 g/mol. The van der Waals surface area contributed by atoms with Crippen LogP contribution in [-0.4, -0.2) is 43.1 Å². The number of aromatic nitrogens is 5. The molecule has 164 valence electrons. The van der Waals surface area contributed by atoms with E-state index in [1.54, 1.807) is 36.0 Å². The molecular weight excluding hydrogens is 428 g/mol. The van der Waals surface area contributed by atoms with Gasteiger partial charge in [-0.25, -0.2) is 9.97 Å². The summed E-state index contributed by atoms with van der Waals surface area (Å²) in [4.78, 5) is 35.9. The number of hydrogen-bond donors (Lipinski definition) is 3. The second-order valence-electron chi connectivity index (χ2n) is 7.68. The Kier molecular flexibility index (Phi) is 4.89.